The van der Waals surface area contributed by atoms with Crippen LogP contribution in [0.2, 0.25) is 0 Å². The molecule has 0 fully saturated rings. The topological polar surface area (TPSA) is 81.8 Å². The highest BCUT2D eigenvalue weighted by Gasteiger charge is 2.24. The van der Waals surface area contributed by atoms with Crippen LogP contribution in [0.4, 0.5) is 5.13 Å². The predicted molar refractivity (Wildman–Crippen MR) is 140 cm³/mol. The lowest BCUT2D eigenvalue weighted by atomic mass is 10.1. The number of pyridine rings is 1. The molecule has 1 atom stereocenters. The number of thiazole rings is 1. The van der Waals surface area contributed by atoms with Crippen LogP contribution in [0.3, 0.4) is 0 Å². The Hall–Kier alpha value is -4.04. The summed E-state index contributed by atoms with van der Waals surface area (Å²) in [5, 5.41) is 10.9. The number of anilines is 1. The van der Waals surface area contributed by atoms with Gasteiger partial charge in [0.15, 0.2) is 5.13 Å². The molecule has 0 bridgehead atoms. The van der Waals surface area contributed by atoms with Crippen LogP contribution in [-0.4, -0.2) is 25.2 Å². The lowest BCUT2D eigenvalue weighted by molar-refractivity contribution is -0.118. The molecule has 8 heteroatoms. The highest BCUT2D eigenvalue weighted by atomic mass is 32.1. The van der Waals surface area contributed by atoms with E-state index < -0.39 is 6.04 Å². The first-order valence-electron chi connectivity index (χ1n) is 11.3. The van der Waals surface area contributed by atoms with Gasteiger partial charge < -0.3 is 5.32 Å². The Kier molecular flexibility index (Phi) is 5.82. The summed E-state index contributed by atoms with van der Waals surface area (Å²) in [5.41, 5.74) is 5.74. The van der Waals surface area contributed by atoms with Gasteiger partial charge in [-0.1, -0.05) is 48.0 Å². The molecule has 5 rings (SSSR count). The van der Waals surface area contributed by atoms with Crippen LogP contribution in [0.15, 0.2) is 70.8 Å². The molecule has 3 aromatic heterocycles. The summed E-state index contributed by atoms with van der Waals surface area (Å²) in [6.45, 7) is 7.56. The SMILES string of the molecule is Cc1ccc(-c2csc(NC(=O)C(C)n3c(=O)cc(C)c4c(C)nn(-c5ccccc5)c43)n2)cc1. The number of benzene rings is 2. The molecule has 0 spiro atoms. The first-order valence-corrected chi connectivity index (χ1v) is 12.2. The van der Waals surface area contributed by atoms with Crippen molar-refractivity contribution in [1.82, 2.24) is 19.3 Å². The fraction of sp³-hybridized carbons (Fsp3) is 0.185. The normalized spacial score (nSPS) is 12.1. The first-order chi connectivity index (χ1) is 16.8. The van der Waals surface area contributed by atoms with Crippen molar-refractivity contribution in [2.45, 2.75) is 33.7 Å². The van der Waals surface area contributed by atoms with E-state index in [2.05, 4.69) is 10.3 Å². The number of nitrogens with one attached hydrogen (secondary N) is 1. The number of fused-ring (bicyclic) bond motifs is 1. The number of hydrogen-bond acceptors (Lipinski definition) is 5. The van der Waals surface area contributed by atoms with Gasteiger partial charge in [-0.15, -0.1) is 11.3 Å². The minimum absolute atomic E-state index is 0.255. The summed E-state index contributed by atoms with van der Waals surface area (Å²) >= 11 is 1.36. The van der Waals surface area contributed by atoms with Gasteiger partial charge in [-0.3, -0.25) is 14.2 Å². The van der Waals surface area contributed by atoms with E-state index in [4.69, 9.17) is 5.10 Å². The van der Waals surface area contributed by atoms with Crippen LogP contribution in [-0.2, 0) is 4.79 Å². The number of aromatic nitrogens is 4. The molecular formula is C27H25N5O2S. The zero-order valence-electron chi connectivity index (χ0n) is 19.9. The van der Waals surface area contributed by atoms with Crippen molar-refractivity contribution >= 4 is 33.4 Å². The maximum atomic E-state index is 13.3. The largest absolute Gasteiger partial charge is 0.300 e. The van der Waals surface area contributed by atoms with E-state index in [1.807, 2.05) is 80.7 Å². The molecule has 0 aliphatic rings. The monoisotopic (exact) mass is 483 g/mol. The highest BCUT2D eigenvalue weighted by Crippen LogP contribution is 2.28. The van der Waals surface area contributed by atoms with E-state index >= 15 is 0 Å². The van der Waals surface area contributed by atoms with Crippen molar-refractivity contribution in [3.63, 3.8) is 0 Å². The third-order valence-electron chi connectivity index (χ3n) is 6.09. The predicted octanol–water partition coefficient (Wildman–Crippen LogP) is 5.44. The molecule has 1 N–H and O–H groups in total. The molecule has 0 saturated carbocycles. The van der Waals surface area contributed by atoms with Crippen LogP contribution >= 0.6 is 11.3 Å². The summed E-state index contributed by atoms with van der Waals surface area (Å²) in [6.07, 6.45) is 0. The van der Waals surface area contributed by atoms with Crippen LogP contribution < -0.4 is 10.9 Å². The van der Waals surface area contributed by atoms with E-state index in [9.17, 15) is 9.59 Å². The van der Waals surface area contributed by atoms with Crippen molar-refractivity contribution in [1.29, 1.82) is 0 Å². The fourth-order valence-corrected chi connectivity index (χ4v) is 4.99. The summed E-state index contributed by atoms with van der Waals surface area (Å²) < 4.78 is 3.25. The lowest BCUT2D eigenvalue weighted by Gasteiger charge is -2.18. The molecule has 1 unspecified atom stereocenters. The van der Waals surface area contributed by atoms with Crippen LogP contribution in [0, 0.1) is 20.8 Å². The zero-order chi connectivity index (χ0) is 24.7. The molecule has 0 aliphatic heterocycles. The molecule has 3 heterocycles. The number of nitrogens with zero attached hydrogens (tertiary/aromatic N) is 4. The molecule has 0 radical (unpaired) electrons. The Bertz CT molecular complexity index is 1600. The van der Waals surface area contributed by atoms with Crippen LogP contribution in [0.25, 0.3) is 28.0 Å². The smallest absolute Gasteiger partial charge is 0.253 e. The molecule has 0 saturated heterocycles. The Morgan fingerprint density at radius 3 is 2.46 bits per heavy atom. The van der Waals surface area contributed by atoms with Crippen molar-refractivity contribution in [3.8, 4) is 16.9 Å². The summed E-state index contributed by atoms with van der Waals surface area (Å²) in [7, 11) is 0. The summed E-state index contributed by atoms with van der Waals surface area (Å²) in [4.78, 5) is 31.1. The quantitative estimate of drug-likeness (QED) is 0.361. The van der Waals surface area contributed by atoms with E-state index in [-0.39, 0.29) is 11.5 Å². The van der Waals surface area contributed by atoms with Gasteiger partial charge in [0.2, 0.25) is 5.91 Å². The molecule has 176 valence electrons. The fourth-order valence-electron chi connectivity index (χ4n) is 4.27. The molecule has 35 heavy (non-hydrogen) atoms. The average Bonchev–Trinajstić information content (AvgIpc) is 3.44. The zero-order valence-corrected chi connectivity index (χ0v) is 20.8. The van der Waals surface area contributed by atoms with Gasteiger partial charge in [-0.2, -0.15) is 5.10 Å². The summed E-state index contributed by atoms with van der Waals surface area (Å²) in [6, 6.07) is 18.5. The first kappa shape index (κ1) is 22.7. The van der Waals surface area contributed by atoms with Gasteiger partial charge in [0.1, 0.15) is 11.7 Å². The number of carbonyl (C=O) groups excluding carboxylic acids is 1. The Labute approximate surface area is 206 Å². The Morgan fingerprint density at radius 2 is 1.74 bits per heavy atom. The summed E-state index contributed by atoms with van der Waals surface area (Å²) in [5.74, 6) is -0.319. The Morgan fingerprint density at radius 1 is 1.03 bits per heavy atom. The Balaban J connectivity index is 1.52. The maximum absolute atomic E-state index is 13.3. The lowest BCUT2D eigenvalue weighted by Crippen LogP contribution is -2.32. The van der Waals surface area contributed by atoms with Crippen LogP contribution in [0.5, 0.6) is 0 Å². The second-order valence-electron chi connectivity index (χ2n) is 8.64. The van der Waals surface area contributed by atoms with E-state index in [1.54, 1.807) is 17.7 Å². The number of carbonyl (C=O) groups is 1. The minimum Gasteiger partial charge on any atom is -0.300 e. The highest BCUT2D eigenvalue weighted by molar-refractivity contribution is 7.14. The molecule has 1 amide bonds. The van der Waals surface area contributed by atoms with Crippen molar-refractivity contribution < 1.29 is 4.79 Å². The second kappa shape index (κ2) is 8.96. The molecule has 2 aromatic carbocycles. The van der Waals surface area contributed by atoms with Gasteiger partial charge >= 0.3 is 0 Å². The molecule has 5 aromatic rings. The number of hydrogen-bond donors (Lipinski definition) is 1. The maximum Gasteiger partial charge on any atom is 0.253 e. The standard InChI is InChI=1S/C27H25N5O2S/c1-16-10-12-20(13-11-16)22-15-35-27(28-22)29-25(34)19(4)31-23(33)14-17(2)24-18(3)30-32(26(24)31)21-8-6-5-7-9-21/h5-15,19H,1-4H3,(H,28,29,34). The molecular weight excluding hydrogens is 458 g/mol. The molecule has 0 aliphatic carbocycles. The van der Waals surface area contributed by atoms with Gasteiger partial charge in [0.05, 0.1) is 17.1 Å². The average molecular weight is 484 g/mol. The van der Waals surface area contributed by atoms with Gasteiger partial charge in [0.25, 0.3) is 5.56 Å². The van der Waals surface area contributed by atoms with Crippen molar-refractivity contribution in [2.24, 2.45) is 0 Å². The van der Waals surface area contributed by atoms with Crippen molar-refractivity contribution in [3.05, 3.63) is 93.2 Å². The van der Waals surface area contributed by atoms with Crippen molar-refractivity contribution in [2.75, 3.05) is 5.32 Å². The minimum atomic E-state index is -0.782. The van der Waals surface area contributed by atoms with E-state index in [0.29, 0.717) is 10.8 Å². The third-order valence-corrected chi connectivity index (χ3v) is 6.84. The molecule has 7 nitrogen and oxygen atoms in total. The van der Waals surface area contributed by atoms with Gasteiger partial charge in [-0.25, -0.2) is 9.67 Å². The number of para-hydroxylation sites is 1. The second-order valence-corrected chi connectivity index (χ2v) is 9.49. The van der Waals surface area contributed by atoms with Crippen LogP contribution in [0.1, 0.15) is 29.8 Å². The van der Waals surface area contributed by atoms with Gasteiger partial charge in [0, 0.05) is 22.4 Å². The number of amides is 1. The number of rotatable bonds is 5. The van der Waals surface area contributed by atoms with E-state index in [0.717, 1.165) is 33.6 Å². The van der Waals surface area contributed by atoms with E-state index in [1.165, 1.54) is 21.5 Å². The third kappa shape index (κ3) is 4.17. The van der Waals surface area contributed by atoms with Gasteiger partial charge in [-0.05, 0) is 45.4 Å². The number of aryl methyl sites for hydroxylation is 3.